The van der Waals surface area contributed by atoms with Gasteiger partial charge in [-0.15, -0.1) is 0 Å². The van der Waals surface area contributed by atoms with Crippen LogP contribution in [0.25, 0.3) is 99.5 Å². The first-order valence-corrected chi connectivity index (χ1v) is 16.3. The molecule has 0 saturated carbocycles. The van der Waals surface area contributed by atoms with Crippen molar-refractivity contribution in [2.45, 2.75) is 0 Å². The molecule has 5 heteroatoms. The number of hydrogen-bond donors (Lipinski definition) is 0. The minimum Gasteiger partial charge on any atom is -0.454 e. The molecular weight excluding hydrogens is 601 g/mol. The molecule has 0 aliphatic heterocycles. The number of benzene rings is 7. The van der Waals surface area contributed by atoms with Crippen LogP contribution in [0.5, 0.6) is 0 Å². The Kier molecular flexibility index (Phi) is 6.11. The Bertz CT molecular complexity index is 2890. The molecular formula is C44H26N4O. The molecule has 228 valence electrons. The van der Waals surface area contributed by atoms with E-state index >= 15 is 0 Å². The van der Waals surface area contributed by atoms with Crippen molar-refractivity contribution in [3.63, 3.8) is 0 Å². The quantitative estimate of drug-likeness (QED) is 0.194. The summed E-state index contributed by atoms with van der Waals surface area (Å²) in [7, 11) is 0. The van der Waals surface area contributed by atoms with E-state index in [1.807, 2.05) is 36.5 Å². The standard InChI is InChI=1S/C44H26N4O/c1-2-10-28(11-3-1)42-46-43(34-18-17-27-9-4-5-12-29(27)21-34)48-44(47-42)36-16-8-15-32-22-33(19-20-35(32)36)38-25-45-26-40-41(38)37-23-30-13-6-7-14-31(30)24-39(37)49-40/h1-26H. The number of hydrogen-bond acceptors (Lipinski definition) is 5. The highest BCUT2D eigenvalue weighted by Crippen LogP contribution is 2.39. The minimum atomic E-state index is 0.631. The van der Waals surface area contributed by atoms with Crippen LogP contribution in [-0.2, 0) is 0 Å². The highest BCUT2D eigenvalue weighted by Gasteiger charge is 2.17. The molecule has 3 aromatic heterocycles. The lowest BCUT2D eigenvalue weighted by Crippen LogP contribution is -2.00. The maximum absolute atomic E-state index is 6.32. The third-order valence-electron chi connectivity index (χ3n) is 9.36. The van der Waals surface area contributed by atoms with Crippen molar-refractivity contribution < 1.29 is 4.42 Å². The lowest BCUT2D eigenvalue weighted by molar-refractivity contribution is 0.667. The van der Waals surface area contributed by atoms with Crippen LogP contribution in [-0.4, -0.2) is 19.9 Å². The van der Waals surface area contributed by atoms with E-state index in [1.165, 1.54) is 10.8 Å². The highest BCUT2D eigenvalue weighted by atomic mass is 16.3. The first-order valence-electron chi connectivity index (χ1n) is 16.3. The summed E-state index contributed by atoms with van der Waals surface area (Å²) in [5.74, 6) is 1.91. The topological polar surface area (TPSA) is 64.7 Å². The van der Waals surface area contributed by atoms with E-state index in [0.29, 0.717) is 17.5 Å². The molecule has 7 aromatic carbocycles. The second-order valence-corrected chi connectivity index (χ2v) is 12.3. The van der Waals surface area contributed by atoms with Gasteiger partial charge in [0, 0.05) is 39.2 Å². The van der Waals surface area contributed by atoms with Crippen molar-refractivity contribution >= 4 is 54.3 Å². The number of nitrogens with zero attached hydrogens (tertiary/aromatic N) is 4. The van der Waals surface area contributed by atoms with Crippen molar-refractivity contribution in [2.24, 2.45) is 0 Å². The molecule has 49 heavy (non-hydrogen) atoms. The summed E-state index contributed by atoms with van der Waals surface area (Å²) in [6.07, 6.45) is 3.74. The zero-order valence-corrected chi connectivity index (χ0v) is 26.2. The van der Waals surface area contributed by atoms with Gasteiger partial charge < -0.3 is 4.42 Å². The van der Waals surface area contributed by atoms with Gasteiger partial charge in [-0.2, -0.15) is 0 Å². The van der Waals surface area contributed by atoms with E-state index in [9.17, 15) is 0 Å². The summed E-state index contributed by atoms with van der Waals surface area (Å²) in [5, 5.41) is 8.94. The largest absolute Gasteiger partial charge is 0.454 e. The Hall–Kier alpha value is -6.72. The average Bonchev–Trinajstić information content (AvgIpc) is 3.54. The van der Waals surface area contributed by atoms with Gasteiger partial charge in [0.05, 0.1) is 6.20 Å². The second-order valence-electron chi connectivity index (χ2n) is 12.3. The normalized spacial score (nSPS) is 11.7. The maximum Gasteiger partial charge on any atom is 0.164 e. The van der Waals surface area contributed by atoms with Gasteiger partial charge in [0.2, 0.25) is 0 Å². The minimum absolute atomic E-state index is 0.631. The number of rotatable bonds is 4. The van der Waals surface area contributed by atoms with Crippen LogP contribution >= 0.6 is 0 Å². The van der Waals surface area contributed by atoms with Gasteiger partial charge in [-0.1, -0.05) is 121 Å². The smallest absolute Gasteiger partial charge is 0.164 e. The number of aromatic nitrogens is 4. The summed E-state index contributed by atoms with van der Waals surface area (Å²) in [6.45, 7) is 0. The Morgan fingerprint density at radius 3 is 1.86 bits per heavy atom. The van der Waals surface area contributed by atoms with Gasteiger partial charge in [-0.3, -0.25) is 4.98 Å². The third kappa shape index (κ3) is 4.63. The van der Waals surface area contributed by atoms with Crippen molar-refractivity contribution in [1.29, 1.82) is 0 Å². The molecule has 0 saturated heterocycles. The van der Waals surface area contributed by atoms with Crippen LogP contribution in [0.1, 0.15) is 0 Å². The molecule has 0 fully saturated rings. The SMILES string of the molecule is c1ccc(-c2nc(-c3ccc4ccccc4c3)nc(-c3cccc4cc(-c5cncc6oc7cc8ccccc8cc7c56)ccc34)n2)cc1. The molecule has 0 radical (unpaired) electrons. The molecule has 0 spiro atoms. The lowest BCUT2D eigenvalue weighted by atomic mass is 9.96. The van der Waals surface area contributed by atoms with Crippen LogP contribution in [0.4, 0.5) is 0 Å². The number of pyridine rings is 1. The van der Waals surface area contributed by atoms with Crippen LogP contribution in [0, 0.1) is 0 Å². The van der Waals surface area contributed by atoms with Crippen molar-refractivity contribution in [1.82, 2.24) is 19.9 Å². The molecule has 10 aromatic rings. The number of fused-ring (bicyclic) bond motifs is 6. The summed E-state index contributed by atoms with van der Waals surface area (Å²) in [6, 6.07) is 50.3. The van der Waals surface area contributed by atoms with Crippen molar-refractivity contribution in [3.8, 4) is 45.3 Å². The van der Waals surface area contributed by atoms with E-state index in [-0.39, 0.29) is 0 Å². The first kappa shape index (κ1) is 27.4. The van der Waals surface area contributed by atoms with Crippen molar-refractivity contribution in [3.05, 3.63) is 158 Å². The fourth-order valence-electron chi connectivity index (χ4n) is 6.95. The molecule has 0 aliphatic rings. The molecule has 0 N–H and O–H groups in total. The van der Waals surface area contributed by atoms with Gasteiger partial charge in [0.1, 0.15) is 5.58 Å². The molecule has 5 nitrogen and oxygen atoms in total. The van der Waals surface area contributed by atoms with E-state index < -0.39 is 0 Å². The molecule has 0 atom stereocenters. The van der Waals surface area contributed by atoms with E-state index in [2.05, 4.69) is 120 Å². The Morgan fingerprint density at radius 2 is 1.02 bits per heavy atom. The van der Waals surface area contributed by atoms with Crippen LogP contribution in [0.2, 0.25) is 0 Å². The fraction of sp³-hybridized carbons (Fsp3) is 0. The summed E-state index contributed by atoms with van der Waals surface area (Å²) >= 11 is 0. The average molecular weight is 627 g/mol. The van der Waals surface area contributed by atoms with Gasteiger partial charge in [-0.25, -0.2) is 15.0 Å². The molecule has 3 heterocycles. The van der Waals surface area contributed by atoms with Gasteiger partial charge in [0.15, 0.2) is 23.1 Å². The molecule has 0 aliphatic carbocycles. The monoisotopic (exact) mass is 626 g/mol. The fourth-order valence-corrected chi connectivity index (χ4v) is 6.95. The summed E-state index contributed by atoms with van der Waals surface area (Å²) in [5.41, 5.74) is 6.57. The predicted octanol–water partition coefficient (Wildman–Crippen LogP) is 11.3. The lowest BCUT2D eigenvalue weighted by Gasteiger charge is -2.12. The van der Waals surface area contributed by atoms with Gasteiger partial charge in [0.25, 0.3) is 0 Å². The zero-order chi connectivity index (χ0) is 32.3. The summed E-state index contributed by atoms with van der Waals surface area (Å²) in [4.78, 5) is 19.7. The molecule has 0 bridgehead atoms. The zero-order valence-electron chi connectivity index (χ0n) is 26.2. The van der Waals surface area contributed by atoms with Gasteiger partial charge in [-0.05, 0) is 62.1 Å². The second kappa shape index (κ2) is 10.9. The third-order valence-corrected chi connectivity index (χ3v) is 9.36. The van der Waals surface area contributed by atoms with E-state index in [4.69, 9.17) is 19.4 Å². The maximum atomic E-state index is 6.32. The van der Waals surface area contributed by atoms with Gasteiger partial charge >= 0.3 is 0 Å². The molecule has 10 rings (SSSR count). The Morgan fingerprint density at radius 1 is 0.367 bits per heavy atom. The highest BCUT2D eigenvalue weighted by molar-refractivity contribution is 6.15. The summed E-state index contributed by atoms with van der Waals surface area (Å²) < 4.78 is 6.32. The van der Waals surface area contributed by atoms with Crippen molar-refractivity contribution in [2.75, 3.05) is 0 Å². The Balaban J connectivity index is 1.14. The van der Waals surface area contributed by atoms with Crippen LogP contribution in [0.3, 0.4) is 0 Å². The Labute approximate surface area is 281 Å². The molecule has 0 unspecified atom stereocenters. The molecule has 0 amide bonds. The predicted molar refractivity (Wildman–Crippen MR) is 199 cm³/mol. The van der Waals surface area contributed by atoms with Crippen LogP contribution in [0.15, 0.2) is 162 Å². The van der Waals surface area contributed by atoms with Crippen LogP contribution < -0.4 is 0 Å². The first-order chi connectivity index (χ1) is 24.2. The number of furan rings is 1. The van der Waals surface area contributed by atoms with E-state index in [1.54, 1.807) is 6.20 Å². The van der Waals surface area contributed by atoms with E-state index in [0.717, 1.165) is 71.3 Å².